The summed E-state index contributed by atoms with van der Waals surface area (Å²) in [6.07, 6.45) is 0. The second kappa shape index (κ2) is 20.0. The van der Waals surface area contributed by atoms with Gasteiger partial charge in [-0.15, -0.1) is 0 Å². The number of rotatable bonds is 10. The summed E-state index contributed by atoms with van der Waals surface area (Å²) in [5.41, 5.74) is 5.81. The number of halogens is 4. The van der Waals surface area contributed by atoms with Crippen molar-refractivity contribution in [2.45, 2.75) is 0 Å². The largest absolute Gasteiger partial charge is 0.492 e. The molecule has 0 aromatic heterocycles. The second-order valence-electron chi connectivity index (χ2n) is 10.0. The summed E-state index contributed by atoms with van der Waals surface area (Å²) in [6, 6.07) is 12.6. The van der Waals surface area contributed by atoms with Crippen LogP contribution in [0.4, 0.5) is 21.5 Å². The number of morpholine rings is 2. The molecule has 5 rings (SSSR count). The van der Waals surface area contributed by atoms with Crippen LogP contribution in [-0.2, 0) is 9.47 Å². The molecule has 47 heavy (non-hydrogen) atoms. The zero-order chi connectivity index (χ0) is 34.2. The minimum absolute atomic E-state index is 0.0915. The molecule has 0 bridgehead atoms. The van der Waals surface area contributed by atoms with Gasteiger partial charge in [0, 0.05) is 63.5 Å². The highest BCUT2D eigenvalue weighted by Gasteiger charge is 2.14. The Morgan fingerprint density at radius 1 is 0.702 bits per heavy atom. The van der Waals surface area contributed by atoms with Crippen molar-refractivity contribution in [2.75, 3.05) is 84.6 Å². The van der Waals surface area contributed by atoms with E-state index >= 15 is 0 Å². The van der Waals surface area contributed by atoms with Crippen LogP contribution in [0.2, 0.25) is 15.1 Å². The summed E-state index contributed by atoms with van der Waals surface area (Å²) in [5.74, 6) is 0.724. The van der Waals surface area contributed by atoms with Crippen molar-refractivity contribution in [3.05, 3.63) is 95.7 Å². The van der Waals surface area contributed by atoms with Gasteiger partial charge in [0.2, 0.25) is 0 Å². The molecule has 13 nitrogen and oxygen atoms in total. The Kier molecular flexibility index (Phi) is 16.1. The van der Waals surface area contributed by atoms with Gasteiger partial charge in [-0.1, -0.05) is 34.8 Å². The quantitative estimate of drug-likeness (QED) is 0.150. The number of nitro benzene ring substituents is 2. The number of anilines is 1. The zero-order valence-corrected chi connectivity index (χ0v) is 27.6. The lowest BCUT2D eigenvalue weighted by atomic mass is 10.3. The fraction of sp³-hybridized carbons (Fsp3) is 0.400. The summed E-state index contributed by atoms with van der Waals surface area (Å²) in [4.78, 5) is 24.1. The maximum Gasteiger partial charge on any atom is 0.288 e. The van der Waals surface area contributed by atoms with Crippen LogP contribution in [0, 0.1) is 26.0 Å². The third kappa shape index (κ3) is 13.6. The van der Waals surface area contributed by atoms with Gasteiger partial charge in [0.05, 0.1) is 47.0 Å². The maximum absolute atomic E-state index is 12.3. The van der Waals surface area contributed by atoms with Crippen LogP contribution in [-0.4, -0.2) is 98.6 Å². The number of nitrogens with zero attached hydrogens (tertiary/aromatic N) is 4. The average Bonchev–Trinajstić information content (AvgIpc) is 3.04. The van der Waals surface area contributed by atoms with E-state index < -0.39 is 15.7 Å². The highest BCUT2D eigenvalue weighted by atomic mass is 35.5. The third-order valence-corrected chi connectivity index (χ3v) is 7.69. The lowest BCUT2D eigenvalue weighted by molar-refractivity contribution is -0.384. The van der Waals surface area contributed by atoms with Gasteiger partial charge in [-0.05, 0) is 30.3 Å². The third-order valence-electron chi connectivity index (χ3n) is 6.75. The molecule has 0 unspecified atom stereocenters. The zero-order valence-electron chi connectivity index (χ0n) is 25.3. The van der Waals surface area contributed by atoms with E-state index in [2.05, 4.69) is 9.80 Å². The number of hydrogen-bond donors (Lipinski definition) is 1. The Morgan fingerprint density at radius 2 is 1.13 bits per heavy atom. The van der Waals surface area contributed by atoms with Crippen molar-refractivity contribution >= 4 is 51.9 Å². The van der Waals surface area contributed by atoms with E-state index in [-0.39, 0.29) is 21.4 Å². The predicted molar refractivity (Wildman–Crippen MR) is 178 cm³/mol. The molecular formula is C30H35Cl3FN5O8. The highest BCUT2D eigenvalue weighted by Crippen LogP contribution is 2.28. The Balaban J connectivity index is 0.000000198. The first-order chi connectivity index (χ1) is 22.5. The SMILES string of the molecule is Nc1ccc(OCCN2CCOCC2)cc1Cl.O=[N+]([O-])c1ccc(F)cc1Cl.O=[N+]([O-])c1ccc(OCCN2CCOCC2)cc1Cl. The molecule has 0 amide bonds. The van der Waals surface area contributed by atoms with Crippen molar-refractivity contribution < 1.29 is 33.2 Å². The topological polar surface area (TPSA) is 156 Å². The number of nitrogen functional groups attached to an aromatic ring is 1. The van der Waals surface area contributed by atoms with Crippen molar-refractivity contribution in [1.82, 2.24) is 9.80 Å². The molecule has 3 aromatic carbocycles. The molecule has 0 saturated carbocycles. The van der Waals surface area contributed by atoms with Gasteiger partial charge >= 0.3 is 0 Å². The summed E-state index contributed by atoms with van der Waals surface area (Å²) < 4.78 is 34.0. The normalized spacial score (nSPS) is 15.0. The lowest BCUT2D eigenvalue weighted by Crippen LogP contribution is -2.38. The summed E-state index contributed by atoms with van der Waals surface area (Å²) in [6.45, 7) is 9.79. The predicted octanol–water partition coefficient (Wildman–Crippen LogP) is 5.98. The van der Waals surface area contributed by atoms with E-state index in [1.54, 1.807) is 18.2 Å². The average molecular weight is 719 g/mol. The summed E-state index contributed by atoms with van der Waals surface area (Å²) in [7, 11) is 0. The lowest BCUT2D eigenvalue weighted by Gasteiger charge is -2.26. The van der Waals surface area contributed by atoms with Gasteiger partial charge in [0.1, 0.15) is 40.6 Å². The summed E-state index contributed by atoms with van der Waals surface area (Å²) in [5, 5.41) is 21.2. The van der Waals surface area contributed by atoms with Crippen LogP contribution in [0.1, 0.15) is 0 Å². The number of ether oxygens (including phenoxy) is 4. The van der Waals surface area contributed by atoms with Crippen molar-refractivity contribution in [3.8, 4) is 11.5 Å². The first-order valence-corrected chi connectivity index (χ1v) is 15.6. The fourth-order valence-corrected chi connectivity index (χ4v) is 4.83. The van der Waals surface area contributed by atoms with E-state index in [9.17, 15) is 24.6 Å². The van der Waals surface area contributed by atoms with Crippen molar-refractivity contribution in [1.29, 1.82) is 0 Å². The minimum Gasteiger partial charge on any atom is -0.492 e. The van der Waals surface area contributed by atoms with E-state index in [4.69, 9.17) is 59.5 Å². The molecule has 2 aliphatic rings. The molecule has 2 heterocycles. The van der Waals surface area contributed by atoms with Gasteiger partial charge in [0.25, 0.3) is 11.4 Å². The minimum atomic E-state index is -0.665. The van der Waals surface area contributed by atoms with Gasteiger partial charge in [-0.25, -0.2) is 4.39 Å². The van der Waals surface area contributed by atoms with Crippen LogP contribution in [0.15, 0.2) is 54.6 Å². The molecule has 0 aliphatic carbocycles. The molecule has 0 spiro atoms. The highest BCUT2D eigenvalue weighted by molar-refractivity contribution is 6.33. The number of benzene rings is 3. The number of nitrogens with two attached hydrogens (primary N) is 1. The van der Waals surface area contributed by atoms with E-state index in [1.165, 1.54) is 12.1 Å². The van der Waals surface area contributed by atoms with Crippen LogP contribution in [0.25, 0.3) is 0 Å². The molecule has 0 atom stereocenters. The molecule has 2 saturated heterocycles. The molecule has 17 heteroatoms. The molecule has 2 aliphatic heterocycles. The first kappa shape index (κ1) is 38.0. The van der Waals surface area contributed by atoms with Crippen LogP contribution < -0.4 is 15.2 Å². The first-order valence-electron chi connectivity index (χ1n) is 14.5. The van der Waals surface area contributed by atoms with Crippen molar-refractivity contribution in [3.63, 3.8) is 0 Å². The Labute approximate surface area is 286 Å². The van der Waals surface area contributed by atoms with Gasteiger partial charge in [-0.3, -0.25) is 30.0 Å². The van der Waals surface area contributed by atoms with Gasteiger partial charge in [-0.2, -0.15) is 0 Å². The maximum atomic E-state index is 12.3. The monoisotopic (exact) mass is 717 g/mol. The van der Waals surface area contributed by atoms with Crippen molar-refractivity contribution in [2.24, 2.45) is 0 Å². The Bertz CT molecular complexity index is 1460. The number of hydrogen-bond acceptors (Lipinski definition) is 11. The second-order valence-corrected chi connectivity index (χ2v) is 11.2. The van der Waals surface area contributed by atoms with Crippen LogP contribution in [0.5, 0.6) is 11.5 Å². The van der Waals surface area contributed by atoms with Gasteiger partial charge in [0.15, 0.2) is 0 Å². The molecule has 0 radical (unpaired) electrons. The Hall–Kier alpha value is -3.50. The summed E-state index contributed by atoms with van der Waals surface area (Å²) >= 11 is 17.1. The van der Waals surface area contributed by atoms with Crippen LogP contribution in [0.3, 0.4) is 0 Å². The van der Waals surface area contributed by atoms with E-state index in [1.807, 2.05) is 6.07 Å². The fourth-order valence-electron chi connectivity index (χ4n) is 4.19. The molecule has 2 N–H and O–H groups in total. The molecular weight excluding hydrogens is 684 g/mol. The molecule has 256 valence electrons. The number of nitro groups is 2. The Morgan fingerprint density at radius 3 is 1.55 bits per heavy atom. The molecule has 3 aromatic rings. The van der Waals surface area contributed by atoms with E-state index in [0.717, 1.165) is 89.6 Å². The van der Waals surface area contributed by atoms with Gasteiger partial charge < -0.3 is 24.7 Å². The molecule has 2 fully saturated rings. The smallest absolute Gasteiger partial charge is 0.288 e. The van der Waals surface area contributed by atoms with E-state index in [0.29, 0.717) is 29.7 Å². The standard InChI is InChI=1S/C12H15ClN2O4.C12H17ClN2O2.C6H3ClFNO2/c13-11-9-10(1-2-12(11)15(16)17)19-8-5-14-3-6-18-7-4-14;13-11-9-10(1-2-12(11)14)17-8-5-15-3-6-16-7-4-15;7-5-3-4(8)1-2-6(5)9(10)11/h1-2,9H,3-8H2;1-2,9H,3-8,14H2;1-3H. The van der Waals surface area contributed by atoms with Crippen LogP contribution >= 0.6 is 34.8 Å².